The molecule has 0 fully saturated rings. The average molecular weight is 361 g/mol. The summed E-state index contributed by atoms with van der Waals surface area (Å²) in [6, 6.07) is 31.3. The molecule has 1 heterocycles. The first-order valence-electron chi connectivity index (χ1n) is 9.36. The van der Waals surface area contributed by atoms with E-state index in [-0.39, 0.29) is 0 Å². The molecular formula is C25H19N3. The fraction of sp³-hybridized carbons (Fsp3) is 0.0400. The number of nitrogens with zero attached hydrogens (tertiary/aromatic N) is 2. The predicted molar refractivity (Wildman–Crippen MR) is 117 cm³/mol. The van der Waals surface area contributed by atoms with Crippen molar-refractivity contribution in [3.05, 3.63) is 91.0 Å². The lowest BCUT2D eigenvalue weighted by atomic mass is 10.0. The van der Waals surface area contributed by atoms with Crippen molar-refractivity contribution in [2.45, 2.75) is 0 Å². The zero-order valence-corrected chi connectivity index (χ0v) is 15.6. The lowest BCUT2D eigenvalue weighted by molar-refractivity contribution is 1.27. The fourth-order valence-electron chi connectivity index (χ4n) is 3.64. The van der Waals surface area contributed by atoms with Crippen LogP contribution in [0.5, 0.6) is 0 Å². The molecule has 5 rings (SSSR count). The van der Waals surface area contributed by atoms with Crippen LogP contribution >= 0.6 is 0 Å². The predicted octanol–water partition coefficient (Wildman–Crippen LogP) is 6.16. The van der Waals surface area contributed by atoms with Gasteiger partial charge in [0.15, 0.2) is 5.82 Å². The summed E-state index contributed by atoms with van der Waals surface area (Å²) < 4.78 is 0. The summed E-state index contributed by atoms with van der Waals surface area (Å²) in [5.74, 6) is 0.786. The van der Waals surface area contributed by atoms with E-state index in [0.29, 0.717) is 0 Å². The van der Waals surface area contributed by atoms with Crippen LogP contribution in [0.2, 0.25) is 0 Å². The van der Waals surface area contributed by atoms with Gasteiger partial charge in [-0.2, -0.15) is 0 Å². The molecule has 0 saturated carbocycles. The molecule has 3 nitrogen and oxygen atoms in total. The van der Waals surface area contributed by atoms with Crippen molar-refractivity contribution in [1.82, 2.24) is 9.97 Å². The van der Waals surface area contributed by atoms with Crippen LogP contribution in [0.1, 0.15) is 0 Å². The topological polar surface area (TPSA) is 37.8 Å². The van der Waals surface area contributed by atoms with E-state index >= 15 is 0 Å². The van der Waals surface area contributed by atoms with Gasteiger partial charge in [0.2, 0.25) is 0 Å². The summed E-state index contributed by atoms with van der Waals surface area (Å²) in [5, 5.41) is 5.53. The summed E-state index contributed by atoms with van der Waals surface area (Å²) >= 11 is 0. The van der Waals surface area contributed by atoms with E-state index < -0.39 is 0 Å². The van der Waals surface area contributed by atoms with E-state index in [2.05, 4.69) is 78.1 Å². The minimum atomic E-state index is 0.786. The van der Waals surface area contributed by atoms with Gasteiger partial charge >= 0.3 is 0 Å². The second-order valence-electron chi connectivity index (χ2n) is 6.77. The molecule has 0 atom stereocenters. The summed E-state index contributed by atoms with van der Waals surface area (Å²) in [7, 11) is 1.89. The Kier molecular flexibility index (Phi) is 3.99. The van der Waals surface area contributed by atoms with Gasteiger partial charge in [0.1, 0.15) is 5.69 Å². The van der Waals surface area contributed by atoms with Crippen molar-refractivity contribution in [2.24, 2.45) is 0 Å². The zero-order chi connectivity index (χ0) is 18.9. The minimum absolute atomic E-state index is 0.786. The monoisotopic (exact) mass is 361 g/mol. The third-order valence-electron chi connectivity index (χ3n) is 5.04. The molecule has 3 heteroatoms. The van der Waals surface area contributed by atoms with Crippen LogP contribution in [-0.4, -0.2) is 17.0 Å². The van der Waals surface area contributed by atoms with Crippen LogP contribution in [0.3, 0.4) is 0 Å². The van der Waals surface area contributed by atoms with E-state index in [4.69, 9.17) is 9.97 Å². The molecule has 0 aliphatic carbocycles. The number of fused-ring (bicyclic) bond motifs is 3. The third kappa shape index (κ3) is 2.78. The van der Waals surface area contributed by atoms with Gasteiger partial charge in [-0.3, -0.25) is 0 Å². The largest absolute Gasteiger partial charge is 0.371 e. The molecule has 0 bridgehead atoms. The van der Waals surface area contributed by atoms with Crippen molar-refractivity contribution in [3.63, 3.8) is 0 Å². The number of rotatable bonds is 3. The maximum absolute atomic E-state index is 4.98. The van der Waals surface area contributed by atoms with Gasteiger partial charge in [-0.05, 0) is 28.6 Å². The zero-order valence-electron chi connectivity index (χ0n) is 15.6. The Hall–Kier alpha value is -3.72. The first-order chi connectivity index (χ1) is 13.8. The van der Waals surface area contributed by atoms with Gasteiger partial charge < -0.3 is 5.32 Å². The van der Waals surface area contributed by atoms with Crippen molar-refractivity contribution in [2.75, 3.05) is 12.4 Å². The van der Waals surface area contributed by atoms with Crippen LogP contribution in [0.15, 0.2) is 91.0 Å². The van der Waals surface area contributed by atoms with Crippen molar-refractivity contribution >= 4 is 27.6 Å². The van der Waals surface area contributed by atoms with Crippen LogP contribution < -0.4 is 5.32 Å². The van der Waals surface area contributed by atoms with Gasteiger partial charge in [-0.15, -0.1) is 0 Å². The molecule has 5 aromatic rings. The molecule has 134 valence electrons. The van der Waals surface area contributed by atoms with Gasteiger partial charge in [0.25, 0.3) is 0 Å². The molecule has 0 amide bonds. The Bertz CT molecular complexity index is 1290. The van der Waals surface area contributed by atoms with Gasteiger partial charge in [0.05, 0.1) is 11.0 Å². The van der Waals surface area contributed by atoms with Crippen molar-refractivity contribution in [1.29, 1.82) is 0 Å². The molecule has 0 radical (unpaired) electrons. The minimum Gasteiger partial charge on any atom is -0.371 e. The standard InChI is InChI=1S/C25H19N3/c1-26-25-23(20-12-7-11-19(16-20)17-8-3-2-4-9-17)27-22-15-14-18-10-5-6-13-21(18)24(22)28-25/h2-16H,1H3,(H,26,28). The molecule has 28 heavy (non-hydrogen) atoms. The van der Waals surface area contributed by atoms with Crippen LogP contribution in [0, 0.1) is 0 Å². The highest BCUT2D eigenvalue weighted by atomic mass is 15.0. The number of anilines is 1. The van der Waals surface area contributed by atoms with E-state index in [1.807, 2.05) is 25.2 Å². The summed E-state index contributed by atoms with van der Waals surface area (Å²) in [4.78, 5) is 9.90. The van der Waals surface area contributed by atoms with E-state index in [1.54, 1.807) is 0 Å². The first-order valence-corrected chi connectivity index (χ1v) is 9.36. The third-order valence-corrected chi connectivity index (χ3v) is 5.04. The second kappa shape index (κ2) is 6.78. The van der Waals surface area contributed by atoms with Crippen molar-refractivity contribution in [3.8, 4) is 22.4 Å². The highest BCUT2D eigenvalue weighted by molar-refractivity contribution is 6.05. The molecule has 0 spiro atoms. The fourth-order valence-corrected chi connectivity index (χ4v) is 3.64. The smallest absolute Gasteiger partial charge is 0.153 e. The molecular weight excluding hydrogens is 342 g/mol. The van der Waals surface area contributed by atoms with Crippen LogP contribution in [0.25, 0.3) is 44.2 Å². The number of aromatic nitrogens is 2. The number of benzene rings is 4. The molecule has 0 saturated heterocycles. The number of hydrogen-bond donors (Lipinski definition) is 1. The number of nitrogens with one attached hydrogen (secondary N) is 1. The maximum atomic E-state index is 4.98. The quantitative estimate of drug-likeness (QED) is 0.391. The SMILES string of the molecule is CNc1nc2c(ccc3ccccc32)nc1-c1cccc(-c2ccccc2)c1. The second-order valence-corrected chi connectivity index (χ2v) is 6.77. The lowest BCUT2D eigenvalue weighted by Gasteiger charge is -2.12. The highest BCUT2D eigenvalue weighted by Gasteiger charge is 2.12. The summed E-state index contributed by atoms with van der Waals surface area (Å²) in [6.07, 6.45) is 0. The molecule has 1 aromatic heterocycles. The molecule has 1 N–H and O–H groups in total. The van der Waals surface area contributed by atoms with E-state index in [1.165, 1.54) is 16.5 Å². The van der Waals surface area contributed by atoms with Gasteiger partial charge in [0, 0.05) is 18.0 Å². The van der Waals surface area contributed by atoms with E-state index in [0.717, 1.165) is 33.5 Å². The molecule has 0 unspecified atom stereocenters. The lowest BCUT2D eigenvalue weighted by Crippen LogP contribution is -2.00. The molecule has 4 aromatic carbocycles. The average Bonchev–Trinajstić information content (AvgIpc) is 2.78. The Morgan fingerprint density at radius 1 is 0.643 bits per heavy atom. The first kappa shape index (κ1) is 16.5. The Morgan fingerprint density at radius 2 is 1.39 bits per heavy atom. The van der Waals surface area contributed by atoms with E-state index in [9.17, 15) is 0 Å². The van der Waals surface area contributed by atoms with Gasteiger partial charge in [-0.1, -0.05) is 78.9 Å². The Labute approximate surface area is 163 Å². The molecule has 0 aliphatic heterocycles. The van der Waals surface area contributed by atoms with Crippen LogP contribution in [-0.2, 0) is 0 Å². The normalized spacial score (nSPS) is 11.0. The number of hydrogen-bond acceptors (Lipinski definition) is 3. The molecule has 0 aliphatic rings. The van der Waals surface area contributed by atoms with Crippen LogP contribution in [0.4, 0.5) is 5.82 Å². The highest BCUT2D eigenvalue weighted by Crippen LogP contribution is 2.32. The summed E-state index contributed by atoms with van der Waals surface area (Å²) in [5.41, 5.74) is 6.09. The Morgan fingerprint density at radius 3 is 2.25 bits per heavy atom. The summed E-state index contributed by atoms with van der Waals surface area (Å²) in [6.45, 7) is 0. The van der Waals surface area contributed by atoms with Gasteiger partial charge in [-0.25, -0.2) is 9.97 Å². The maximum Gasteiger partial charge on any atom is 0.153 e. The van der Waals surface area contributed by atoms with Crippen molar-refractivity contribution < 1.29 is 0 Å². The Balaban J connectivity index is 1.72.